The number of phenolic OH excluding ortho intramolecular Hbond substituents is 1. The summed E-state index contributed by atoms with van der Waals surface area (Å²) in [6, 6.07) is 11.0. The lowest BCUT2D eigenvalue weighted by molar-refractivity contribution is -0.276. The van der Waals surface area contributed by atoms with Crippen LogP contribution in [0.1, 0.15) is 20.7 Å². The van der Waals surface area contributed by atoms with Crippen molar-refractivity contribution in [2.24, 2.45) is 0 Å². The van der Waals surface area contributed by atoms with Crippen LogP contribution in [0.3, 0.4) is 0 Å². The fourth-order valence-corrected chi connectivity index (χ4v) is 4.75. The minimum absolute atomic E-state index is 0.0361. The molecule has 1 heterocycles. The van der Waals surface area contributed by atoms with E-state index in [-0.39, 0.29) is 57.1 Å². The van der Waals surface area contributed by atoms with Crippen molar-refractivity contribution in [1.82, 2.24) is 0 Å². The zero-order valence-corrected chi connectivity index (χ0v) is 26.5. The van der Waals surface area contributed by atoms with E-state index in [1.807, 2.05) is 0 Å². The van der Waals surface area contributed by atoms with E-state index in [4.69, 9.17) is 47.4 Å². The van der Waals surface area contributed by atoms with Gasteiger partial charge in [-0.2, -0.15) is 0 Å². The van der Waals surface area contributed by atoms with Gasteiger partial charge in [-0.15, -0.1) is 0 Å². The Kier molecular flexibility index (Phi) is 11.4. The molecule has 0 unspecified atom stereocenters. The van der Waals surface area contributed by atoms with E-state index in [0.29, 0.717) is 0 Å². The van der Waals surface area contributed by atoms with Crippen LogP contribution in [0.4, 0.5) is 0 Å². The normalized spacial score (nSPS) is 20.4. The second-order valence-electron chi connectivity index (χ2n) is 9.93. The third kappa shape index (κ3) is 7.65. The van der Waals surface area contributed by atoms with Crippen LogP contribution in [-0.2, 0) is 14.2 Å². The smallest absolute Gasteiger partial charge is 0.339 e. The first kappa shape index (κ1) is 34.7. The molecule has 15 nitrogen and oxygen atoms in total. The van der Waals surface area contributed by atoms with Crippen molar-refractivity contribution in [3.05, 3.63) is 59.7 Å². The van der Waals surface area contributed by atoms with E-state index in [9.17, 15) is 24.9 Å². The quantitative estimate of drug-likeness (QED) is 0.227. The lowest BCUT2D eigenvalue weighted by atomic mass is 9.99. The molecule has 1 fully saturated rings. The van der Waals surface area contributed by atoms with Crippen molar-refractivity contribution >= 4 is 11.9 Å². The molecule has 0 bridgehead atoms. The van der Waals surface area contributed by atoms with Crippen LogP contribution in [-0.4, -0.2) is 107 Å². The Bertz CT molecular complexity index is 1490. The molecule has 1 aliphatic heterocycles. The van der Waals surface area contributed by atoms with Crippen molar-refractivity contribution in [2.45, 2.75) is 30.7 Å². The van der Waals surface area contributed by atoms with Gasteiger partial charge in [-0.3, -0.25) is 0 Å². The van der Waals surface area contributed by atoms with E-state index in [1.165, 1.54) is 91.2 Å². The molecule has 0 spiro atoms. The number of aliphatic hydroxyl groups is 2. The highest BCUT2D eigenvalue weighted by molar-refractivity contribution is 5.92. The summed E-state index contributed by atoms with van der Waals surface area (Å²) in [5.41, 5.74) is 0.00497. The molecule has 1 aliphatic rings. The van der Waals surface area contributed by atoms with Gasteiger partial charge in [-0.25, -0.2) is 9.59 Å². The van der Waals surface area contributed by atoms with E-state index in [0.717, 1.165) is 0 Å². The third-order valence-electron chi connectivity index (χ3n) is 7.16. The Morgan fingerprint density at radius 1 is 0.681 bits per heavy atom. The van der Waals surface area contributed by atoms with Gasteiger partial charge in [0.15, 0.2) is 29.1 Å². The maximum atomic E-state index is 13.3. The van der Waals surface area contributed by atoms with Crippen LogP contribution in [0.5, 0.6) is 46.0 Å². The number of aliphatic hydroxyl groups excluding tert-OH is 2. The van der Waals surface area contributed by atoms with Crippen LogP contribution >= 0.6 is 0 Å². The average molecular weight is 661 g/mol. The molecular formula is C32H36O15. The molecule has 0 amide bonds. The number of carbonyl (C=O) groups excluding carboxylic acids is 2. The fraction of sp³-hybridized carbons (Fsp3) is 0.375. The molecule has 0 aromatic heterocycles. The fourth-order valence-electron chi connectivity index (χ4n) is 4.75. The Balaban J connectivity index is 1.57. The first-order chi connectivity index (χ1) is 22.6. The molecule has 5 atom stereocenters. The number of hydrogen-bond donors (Lipinski definition) is 3. The molecule has 4 rings (SSSR count). The van der Waals surface area contributed by atoms with Crippen LogP contribution < -0.4 is 33.2 Å². The summed E-state index contributed by atoms with van der Waals surface area (Å²) in [6.45, 7) is -0.545. The van der Waals surface area contributed by atoms with Crippen molar-refractivity contribution in [3.8, 4) is 46.0 Å². The topological polar surface area (TPSA) is 187 Å². The highest BCUT2D eigenvalue weighted by atomic mass is 16.7. The van der Waals surface area contributed by atoms with E-state index in [2.05, 4.69) is 0 Å². The molecule has 1 saturated heterocycles. The first-order valence-electron chi connectivity index (χ1n) is 14.0. The molecule has 0 radical (unpaired) electrons. The molecule has 3 aromatic carbocycles. The van der Waals surface area contributed by atoms with E-state index in [1.54, 1.807) is 0 Å². The van der Waals surface area contributed by atoms with Crippen LogP contribution in [0.2, 0.25) is 0 Å². The number of rotatable bonds is 13. The Labute approximate surface area is 269 Å². The van der Waals surface area contributed by atoms with Crippen molar-refractivity contribution in [2.75, 3.05) is 49.3 Å². The highest BCUT2D eigenvalue weighted by Gasteiger charge is 2.49. The van der Waals surface area contributed by atoms with E-state index >= 15 is 0 Å². The zero-order valence-electron chi connectivity index (χ0n) is 26.5. The van der Waals surface area contributed by atoms with Gasteiger partial charge in [-0.05, 0) is 48.5 Å². The molecule has 0 saturated carbocycles. The molecule has 47 heavy (non-hydrogen) atoms. The predicted molar refractivity (Wildman–Crippen MR) is 161 cm³/mol. The summed E-state index contributed by atoms with van der Waals surface area (Å²) >= 11 is 0. The molecule has 254 valence electrons. The number of methoxy groups -OCH3 is 6. The van der Waals surface area contributed by atoms with Crippen LogP contribution in [0, 0.1) is 0 Å². The Morgan fingerprint density at radius 2 is 1.15 bits per heavy atom. The van der Waals surface area contributed by atoms with Crippen molar-refractivity contribution in [3.63, 3.8) is 0 Å². The average Bonchev–Trinajstić information content (AvgIpc) is 3.09. The lowest BCUT2D eigenvalue weighted by Gasteiger charge is -2.41. The molecule has 0 aliphatic carbocycles. The molecule has 3 aromatic rings. The third-order valence-corrected chi connectivity index (χ3v) is 7.16. The van der Waals surface area contributed by atoms with Gasteiger partial charge in [0, 0.05) is 0 Å². The largest absolute Gasteiger partial charge is 0.508 e. The summed E-state index contributed by atoms with van der Waals surface area (Å²) in [6.07, 6.45) is -7.93. The maximum absolute atomic E-state index is 13.3. The number of phenols is 1. The molecular weight excluding hydrogens is 624 g/mol. The second-order valence-corrected chi connectivity index (χ2v) is 9.93. The highest BCUT2D eigenvalue weighted by Crippen LogP contribution is 2.40. The van der Waals surface area contributed by atoms with Gasteiger partial charge >= 0.3 is 11.9 Å². The Hall–Kier alpha value is -5.12. The Morgan fingerprint density at radius 3 is 1.60 bits per heavy atom. The number of benzene rings is 3. The monoisotopic (exact) mass is 660 g/mol. The summed E-state index contributed by atoms with van der Waals surface area (Å²) in [7, 11) is 8.34. The van der Waals surface area contributed by atoms with Gasteiger partial charge in [0.2, 0.25) is 17.8 Å². The number of esters is 2. The number of carbonyl (C=O) groups is 2. The summed E-state index contributed by atoms with van der Waals surface area (Å²) < 4.78 is 54.5. The van der Waals surface area contributed by atoms with Gasteiger partial charge in [-0.1, -0.05) is 0 Å². The van der Waals surface area contributed by atoms with Gasteiger partial charge in [0.1, 0.15) is 36.4 Å². The minimum Gasteiger partial charge on any atom is -0.508 e. The lowest BCUT2D eigenvalue weighted by Crippen LogP contribution is -2.61. The van der Waals surface area contributed by atoms with Crippen LogP contribution in [0.15, 0.2) is 48.5 Å². The summed E-state index contributed by atoms with van der Waals surface area (Å²) in [5, 5.41) is 31.9. The summed E-state index contributed by atoms with van der Waals surface area (Å²) in [4.78, 5) is 26.3. The minimum atomic E-state index is -1.78. The van der Waals surface area contributed by atoms with Gasteiger partial charge in [0.05, 0.1) is 53.8 Å². The standard InChI is InChI=1S/C32H36O15/c1-38-20-11-16(12-21(39-2)27(20)42-5)30(36)44-15-24-25(34)26(35)29(32(46-24)45-19-9-7-18(33)8-10-19)47-31(37)17-13-22(40-3)28(43-6)23(14-17)41-4/h7-14,24-26,29,32-35H,15H2,1-6H3/t24-,25-,26+,29-,32-/m1/s1. The number of ether oxygens (including phenoxy) is 10. The van der Waals surface area contributed by atoms with E-state index < -0.39 is 49.3 Å². The van der Waals surface area contributed by atoms with Crippen LogP contribution in [0.25, 0.3) is 0 Å². The van der Waals surface area contributed by atoms with Crippen molar-refractivity contribution < 1.29 is 72.3 Å². The van der Waals surface area contributed by atoms with Gasteiger partial charge in [0.25, 0.3) is 0 Å². The van der Waals surface area contributed by atoms with Gasteiger partial charge < -0.3 is 62.7 Å². The summed E-state index contributed by atoms with van der Waals surface area (Å²) in [5.74, 6) is -0.391. The van der Waals surface area contributed by atoms with Crippen molar-refractivity contribution in [1.29, 1.82) is 0 Å². The first-order valence-corrected chi connectivity index (χ1v) is 14.0. The second kappa shape index (κ2) is 15.4. The SMILES string of the molecule is COc1cc(C(=O)OC[C@H]2O[C@@H](Oc3ccc(O)cc3)[C@H](OC(=O)c3cc(OC)c(OC)c(OC)c3)[C@@H](O)[C@@H]2O)cc(OC)c1OC. The maximum Gasteiger partial charge on any atom is 0.339 e. The number of hydrogen-bond acceptors (Lipinski definition) is 15. The zero-order chi connectivity index (χ0) is 34.2. The molecule has 15 heteroatoms. The predicted octanol–water partition coefficient (Wildman–Crippen LogP) is 2.35. The number of aromatic hydroxyl groups is 1. The molecule has 3 N–H and O–H groups in total.